The quantitative estimate of drug-likeness (QED) is 0.654. The molecule has 0 aliphatic carbocycles. The summed E-state index contributed by atoms with van der Waals surface area (Å²) in [5.74, 6) is -2.59. The Hall–Kier alpha value is -3.42. The van der Waals surface area contributed by atoms with Gasteiger partial charge in [-0.2, -0.15) is 0 Å². The smallest absolute Gasteiger partial charge is 0.337 e. The zero-order chi connectivity index (χ0) is 17.1. The molecule has 0 heterocycles. The first kappa shape index (κ1) is 16.0. The van der Waals surface area contributed by atoms with Gasteiger partial charge in [0.25, 0.3) is 11.6 Å². The van der Waals surface area contributed by atoms with Crippen LogP contribution in [0.2, 0.25) is 0 Å². The third-order valence-corrected chi connectivity index (χ3v) is 3.14. The number of hydrogen-bond donors (Lipinski definition) is 2. The minimum absolute atomic E-state index is 0.00448. The third-order valence-electron chi connectivity index (χ3n) is 3.14. The SMILES string of the molecule is Cc1ccc(C(=O)Nc2ccc([O-])cc2C(=O)O)cc1[N+](=O)[O-]. The van der Waals surface area contributed by atoms with Crippen LogP contribution in [0.15, 0.2) is 36.4 Å². The number of carbonyl (C=O) groups is 2. The number of nitrogens with one attached hydrogen (secondary N) is 1. The molecule has 23 heavy (non-hydrogen) atoms. The normalized spacial score (nSPS) is 10.1. The fourth-order valence-corrected chi connectivity index (χ4v) is 1.95. The van der Waals surface area contributed by atoms with Crippen LogP contribution in [0.1, 0.15) is 26.3 Å². The van der Waals surface area contributed by atoms with Crippen molar-refractivity contribution in [3.8, 4) is 5.75 Å². The van der Waals surface area contributed by atoms with Crippen molar-refractivity contribution in [3.63, 3.8) is 0 Å². The Labute approximate surface area is 130 Å². The first-order valence-electron chi connectivity index (χ1n) is 6.40. The molecule has 8 heteroatoms. The monoisotopic (exact) mass is 315 g/mol. The second kappa shape index (κ2) is 6.14. The van der Waals surface area contributed by atoms with E-state index in [9.17, 15) is 24.8 Å². The maximum atomic E-state index is 12.2. The van der Waals surface area contributed by atoms with Gasteiger partial charge in [0.15, 0.2) is 0 Å². The Morgan fingerprint density at radius 2 is 1.87 bits per heavy atom. The van der Waals surface area contributed by atoms with Gasteiger partial charge in [-0.1, -0.05) is 18.2 Å². The Balaban J connectivity index is 2.35. The fraction of sp³-hybridized carbons (Fsp3) is 0.0667. The number of nitro benzene ring substituents is 1. The van der Waals surface area contributed by atoms with E-state index in [-0.39, 0.29) is 22.5 Å². The van der Waals surface area contributed by atoms with Crippen LogP contribution >= 0.6 is 0 Å². The van der Waals surface area contributed by atoms with E-state index in [0.29, 0.717) is 5.56 Å². The van der Waals surface area contributed by atoms with Gasteiger partial charge in [0.05, 0.1) is 16.2 Å². The molecule has 2 aromatic carbocycles. The van der Waals surface area contributed by atoms with Crippen LogP contribution in [0.4, 0.5) is 11.4 Å². The van der Waals surface area contributed by atoms with Crippen LogP contribution < -0.4 is 10.4 Å². The van der Waals surface area contributed by atoms with Crippen LogP contribution in [-0.2, 0) is 0 Å². The van der Waals surface area contributed by atoms with Crippen LogP contribution in [0.25, 0.3) is 0 Å². The number of benzene rings is 2. The fourth-order valence-electron chi connectivity index (χ4n) is 1.95. The van der Waals surface area contributed by atoms with Gasteiger partial charge in [0.1, 0.15) is 0 Å². The van der Waals surface area contributed by atoms with E-state index in [1.807, 2.05) is 0 Å². The number of carboxylic acid groups (broad SMARTS) is 1. The van der Waals surface area contributed by atoms with Gasteiger partial charge in [-0.3, -0.25) is 14.9 Å². The molecule has 2 N–H and O–H groups in total. The third kappa shape index (κ3) is 3.43. The highest BCUT2D eigenvalue weighted by atomic mass is 16.6. The molecule has 2 rings (SSSR count). The lowest BCUT2D eigenvalue weighted by Crippen LogP contribution is -2.15. The molecule has 0 fully saturated rings. The number of amides is 1. The molecule has 0 saturated carbocycles. The topological polar surface area (TPSA) is 133 Å². The molecular formula is C15H11N2O6-. The summed E-state index contributed by atoms with van der Waals surface area (Å²) in [7, 11) is 0. The number of nitro groups is 1. The van der Waals surface area contributed by atoms with E-state index < -0.39 is 22.5 Å². The van der Waals surface area contributed by atoms with E-state index in [2.05, 4.69) is 5.32 Å². The van der Waals surface area contributed by atoms with Gasteiger partial charge in [0.2, 0.25) is 0 Å². The van der Waals surface area contributed by atoms with Gasteiger partial charge in [-0.25, -0.2) is 4.79 Å². The minimum Gasteiger partial charge on any atom is -0.872 e. The highest BCUT2D eigenvalue weighted by Gasteiger charge is 2.17. The molecule has 0 aliphatic rings. The second-order valence-corrected chi connectivity index (χ2v) is 4.73. The Morgan fingerprint density at radius 1 is 1.17 bits per heavy atom. The largest absolute Gasteiger partial charge is 0.872 e. The highest BCUT2D eigenvalue weighted by molar-refractivity contribution is 6.08. The molecule has 0 aromatic heterocycles. The van der Waals surface area contributed by atoms with Crippen molar-refractivity contribution in [1.82, 2.24) is 0 Å². The Morgan fingerprint density at radius 3 is 2.48 bits per heavy atom. The van der Waals surface area contributed by atoms with E-state index in [4.69, 9.17) is 5.11 Å². The summed E-state index contributed by atoms with van der Waals surface area (Å²) in [5.41, 5.74) is -0.234. The highest BCUT2D eigenvalue weighted by Crippen LogP contribution is 2.23. The van der Waals surface area contributed by atoms with Crippen molar-refractivity contribution in [3.05, 3.63) is 63.2 Å². The molecule has 0 radical (unpaired) electrons. The number of hydrogen-bond acceptors (Lipinski definition) is 5. The number of carbonyl (C=O) groups excluding carboxylic acids is 1. The molecule has 1 amide bonds. The molecule has 8 nitrogen and oxygen atoms in total. The van der Waals surface area contributed by atoms with Crippen LogP contribution in [0, 0.1) is 17.0 Å². The molecule has 0 aliphatic heterocycles. The maximum Gasteiger partial charge on any atom is 0.337 e. The Bertz CT molecular complexity index is 816. The summed E-state index contributed by atoms with van der Waals surface area (Å²) in [4.78, 5) is 33.5. The van der Waals surface area contributed by atoms with Crippen molar-refractivity contribution in [2.75, 3.05) is 5.32 Å². The summed E-state index contributed by atoms with van der Waals surface area (Å²) in [5, 5.41) is 33.5. The molecule has 118 valence electrons. The molecule has 0 saturated heterocycles. The number of anilines is 1. The average Bonchev–Trinajstić information content (AvgIpc) is 2.48. The summed E-state index contributed by atoms with van der Waals surface area (Å²) < 4.78 is 0. The molecule has 0 bridgehead atoms. The zero-order valence-corrected chi connectivity index (χ0v) is 11.9. The van der Waals surface area contributed by atoms with Gasteiger partial charge >= 0.3 is 5.97 Å². The number of aryl methyl sites for hydroxylation is 1. The summed E-state index contributed by atoms with van der Waals surface area (Å²) >= 11 is 0. The first-order valence-corrected chi connectivity index (χ1v) is 6.40. The number of carboxylic acids is 1. The van der Waals surface area contributed by atoms with Gasteiger partial charge < -0.3 is 15.5 Å². The lowest BCUT2D eigenvalue weighted by atomic mass is 10.1. The first-order chi connectivity index (χ1) is 10.8. The molecule has 0 spiro atoms. The molecule has 0 atom stereocenters. The van der Waals surface area contributed by atoms with Crippen LogP contribution in [-0.4, -0.2) is 21.9 Å². The predicted octanol–water partition coefficient (Wildman–Crippen LogP) is 1.93. The average molecular weight is 315 g/mol. The lowest BCUT2D eigenvalue weighted by molar-refractivity contribution is -0.385. The zero-order valence-electron chi connectivity index (χ0n) is 11.9. The van der Waals surface area contributed by atoms with Gasteiger partial charge in [0, 0.05) is 17.2 Å². The van der Waals surface area contributed by atoms with Crippen LogP contribution in [0.5, 0.6) is 5.75 Å². The molecule has 2 aromatic rings. The number of aromatic carboxylic acids is 1. The maximum absolute atomic E-state index is 12.2. The van der Waals surface area contributed by atoms with Crippen molar-refractivity contribution in [2.45, 2.75) is 6.92 Å². The van der Waals surface area contributed by atoms with Crippen LogP contribution in [0.3, 0.4) is 0 Å². The van der Waals surface area contributed by atoms with Gasteiger partial charge in [-0.05, 0) is 19.1 Å². The van der Waals surface area contributed by atoms with E-state index >= 15 is 0 Å². The van der Waals surface area contributed by atoms with Crippen molar-refractivity contribution < 1.29 is 24.7 Å². The summed E-state index contributed by atoms with van der Waals surface area (Å²) in [6.07, 6.45) is 0. The number of nitrogens with zero attached hydrogens (tertiary/aromatic N) is 1. The predicted molar refractivity (Wildman–Crippen MR) is 78.6 cm³/mol. The molecule has 0 unspecified atom stereocenters. The van der Waals surface area contributed by atoms with Crippen molar-refractivity contribution in [1.29, 1.82) is 0 Å². The van der Waals surface area contributed by atoms with Gasteiger partial charge in [-0.15, -0.1) is 5.75 Å². The lowest BCUT2D eigenvalue weighted by Gasteiger charge is -2.12. The second-order valence-electron chi connectivity index (χ2n) is 4.73. The summed E-state index contributed by atoms with van der Waals surface area (Å²) in [6.45, 7) is 1.54. The summed E-state index contributed by atoms with van der Waals surface area (Å²) in [6, 6.07) is 7.08. The standard InChI is InChI=1S/C15H12N2O6/c1-8-2-3-9(6-13(8)17(22)23)14(19)16-12-5-4-10(18)7-11(12)15(20)21/h2-7,18H,1H3,(H,16,19)(H,20,21)/p-1. The molecular weight excluding hydrogens is 304 g/mol. The van der Waals surface area contributed by atoms with E-state index in [0.717, 1.165) is 18.2 Å². The van der Waals surface area contributed by atoms with E-state index in [1.54, 1.807) is 0 Å². The Kier molecular flexibility index (Phi) is 4.26. The van der Waals surface area contributed by atoms with Crippen molar-refractivity contribution in [2.24, 2.45) is 0 Å². The minimum atomic E-state index is -1.37. The van der Waals surface area contributed by atoms with E-state index in [1.165, 1.54) is 25.1 Å². The van der Waals surface area contributed by atoms with Crippen molar-refractivity contribution >= 4 is 23.3 Å². The number of rotatable bonds is 4.